The van der Waals surface area contributed by atoms with Crippen LogP contribution in [0.15, 0.2) is 18.5 Å². The number of carboxylic acid groups (broad SMARTS) is 1. The molecular formula is C8H9NO3. The zero-order valence-corrected chi connectivity index (χ0v) is 6.43. The highest BCUT2D eigenvalue weighted by molar-refractivity contribution is 5.87. The predicted molar refractivity (Wildman–Crippen MR) is 41.0 cm³/mol. The predicted octanol–water partition coefficient (Wildman–Crippen LogP) is 1.11. The molecule has 0 radical (unpaired) electrons. The van der Waals surface area contributed by atoms with Crippen molar-refractivity contribution in [2.24, 2.45) is 0 Å². The van der Waals surface area contributed by atoms with Gasteiger partial charge < -0.3 is 14.4 Å². The lowest BCUT2D eigenvalue weighted by Gasteiger charge is -2.27. The molecule has 1 saturated heterocycles. The molecule has 1 atom stereocenters. The Labute approximate surface area is 69.4 Å². The minimum atomic E-state index is -0.895. The lowest BCUT2D eigenvalue weighted by molar-refractivity contribution is -0.0992. The molecule has 1 fully saturated rings. The van der Waals surface area contributed by atoms with Gasteiger partial charge in [0.05, 0.1) is 12.2 Å². The van der Waals surface area contributed by atoms with Gasteiger partial charge in [0.2, 0.25) is 0 Å². The molecule has 1 aromatic rings. The van der Waals surface area contributed by atoms with E-state index in [0.717, 1.165) is 13.0 Å². The summed E-state index contributed by atoms with van der Waals surface area (Å²) in [5.41, 5.74) is 0.311. The van der Waals surface area contributed by atoms with E-state index in [9.17, 15) is 4.79 Å². The Morgan fingerprint density at radius 2 is 2.50 bits per heavy atom. The largest absolute Gasteiger partial charge is 0.478 e. The van der Waals surface area contributed by atoms with E-state index in [1.54, 1.807) is 23.0 Å². The Bertz CT molecular complexity index is 301. The van der Waals surface area contributed by atoms with Crippen LogP contribution in [0.25, 0.3) is 0 Å². The van der Waals surface area contributed by atoms with Crippen molar-refractivity contribution in [3.63, 3.8) is 0 Å². The molecule has 4 nitrogen and oxygen atoms in total. The highest BCUT2D eigenvalue weighted by Crippen LogP contribution is 2.23. The average molecular weight is 167 g/mol. The summed E-state index contributed by atoms with van der Waals surface area (Å²) in [6.07, 6.45) is 4.34. The standard InChI is InChI=1S/C8H9NO3/c10-8(11)6-1-3-9(5-6)7-2-4-12-7/h1,3,5,7H,2,4H2,(H,10,11). The van der Waals surface area contributed by atoms with E-state index in [0.29, 0.717) is 5.56 Å². The van der Waals surface area contributed by atoms with Crippen molar-refractivity contribution in [3.05, 3.63) is 24.0 Å². The maximum atomic E-state index is 10.5. The van der Waals surface area contributed by atoms with Gasteiger partial charge in [-0.25, -0.2) is 4.79 Å². The van der Waals surface area contributed by atoms with Gasteiger partial charge in [0.25, 0.3) is 0 Å². The van der Waals surface area contributed by atoms with Crippen LogP contribution in [-0.4, -0.2) is 22.2 Å². The lowest BCUT2D eigenvalue weighted by atomic mass is 10.3. The molecule has 0 saturated carbocycles. The number of carboxylic acids is 1. The molecule has 64 valence electrons. The minimum absolute atomic E-state index is 0.0538. The molecule has 0 spiro atoms. The fraction of sp³-hybridized carbons (Fsp3) is 0.375. The van der Waals surface area contributed by atoms with Crippen LogP contribution in [-0.2, 0) is 4.74 Å². The summed E-state index contributed by atoms with van der Waals surface area (Å²) in [5, 5.41) is 8.62. The maximum absolute atomic E-state index is 10.5. The van der Waals surface area contributed by atoms with Gasteiger partial charge in [-0.3, -0.25) is 0 Å². The molecule has 0 aromatic carbocycles. The molecule has 0 bridgehead atoms. The van der Waals surface area contributed by atoms with Gasteiger partial charge in [-0.1, -0.05) is 0 Å². The first-order valence-electron chi connectivity index (χ1n) is 3.80. The maximum Gasteiger partial charge on any atom is 0.337 e. The van der Waals surface area contributed by atoms with Gasteiger partial charge >= 0.3 is 5.97 Å². The van der Waals surface area contributed by atoms with Crippen LogP contribution >= 0.6 is 0 Å². The quantitative estimate of drug-likeness (QED) is 0.717. The smallest absolute Gasteiger partial charge is 0.337 e. The molecule has 4 heteroatoms. The fourth-order valence-corrected chi connectivity index (χ4v) is 1.18. The molecule has 0 aliphatic carbocycles. The number of rotatable bonds is 2. The van der Waals surface area contributed by atoms with E-state index < -0.39 is 5.97 Å². The molecule has 2 heterocycles. The first-order chi connectivity index (χ1) is 5.77. The van der Waals surface area contributed by atoms with Gasteiger partial charge in [0.1, 0.15) is 6.23 Å². The van der Waals surface area contributed by atoms with Crippen LogP contribution in [0.4, 0.5) is 0 Å². The third kappa shape index (κ3) is 1.10. The molecule has 1 N–H and O–H groups in total. The third-order valence-corrected chi connectivity index (χ3v) is 1.97. The Morgan fingerprint density at radius 3 is 2.92 bits per heavy atom. The Hall–Kier alpha value is -1.29. The van der Waals surface area contributed by atoms with Crippen molar-refractivity contribution in [1.29, 1.82) is 0 Å². The summed E-state index contributed by atoms with van der Waals surface area (Å²) in [4.78, 5) is 10.5. The first kappa shape index (κ1) is 7.36. The summed E-state index contributed by atoms with van der Waals surface area (Å²) in [6.45, 7) is 0.769. The van der Waals surface area contributed by atoms with Crippen LogP contribution in [0.3, 0.4) is 0 Å². The molecule has 12 heavy (non-hydrogen) atoms. The van der Waals surface area contributed by atoms with E-state index in [2.05, 4.69) is 0 Å². The van der Waals surface area contributed by atoms with Crippen molar-refractivity contribution in [2.75, 3.05) is 6.61 Å². The van der Waals surface area contributed by atoms with Gasteiger partial charge in [-0.15, -0.1) is 0 Å². The van der Waals surface area contributed by atoms with Gasteiger partial charge in [0.15, 0.2) is 0 Å². The highest BCUT2D eigenvalue weighted by atomic mass is 16.5. The van der Waals surface area contributed by atoms with E-state index in [1.807, 2.05) is 0 Å². The van der Waals surface area contributed by atoms with Gasteiger partial charge in [0, 0.05) is 18.8 Å². The molecule has 2 rings (SSSR count). The number of carbonyl (C=O) groups is 1. The third-order valence-electron chi connectivity index (χ3n) is 1.97. The van der Waals surface area contributed by atoms with Gasteiger partial charge in [-0.05, 0) is 6.07 Å². The van der Waals surface area contributed by atoms with Crippen LogP contribution in [0.2, 0.25) is 0 Å². The van der Waals surface area contributed by atoms with Crippen LogP contribution in [0, 0.1) is 0 Å². The topological polar surface area (TPSA) is 51.5 Å². The van der Waals surface area contributed by atoms with Crippen molar-refractivity contribution >= 4 is 5.97 Å². The Balaban J connectivity index is 2.17. The normalized spacial score (nSPS) is 21.8. The van der Waals surface area contributed by atoms with Crippen molar-refractivity contribution in [3.8, 4) is 0 Å². The van der Waals surface area contributed by atoms with E-state index >= 15 is 0 Å². The van der Waals surface area contributed by atoms with Crippen LogP contribution in [0.5, 0.6) is 0 Å². The number of hydrogen-bond acceptors (Lipinski definition) is 2. The number of ether oxygens (including phenoxy) is 1. The van der Waals surface area contributed by atoms with Crippen molar-refractivity contribution in [1.82, 2.24) is 4.57 Å². The monoisotopic (exact) mass is 167 g/mol. The number of aromatic carboxylic acids is 1. The molecule has 1 aromatic heterocycles. The molecular weight excluding hydrogens is 158 g/mol. The zero-order valence-electron chi connectivity index (χ0n) is 6.43. The number of aromatic nitrogens is 1. The molecule has 1 unspecified atom stereocenters. The minimum Gasteiger partial charge on any atom is -0.478 e. The Morgan fingerprint density at radius 1 is 1.75 bits per heavy atom. The van der Waals surface area contributed by atoms with Crippen molar-refractivity contribution in [2.45, 2.75) is 12.6 Å². The second-order valence-electron chi connectivity index (χ2n) is 2.77. The number of nitrogens with zero attached hydrogens (tertiary/aromatic N) is 1. The van der Waals surface area contributed by atoms with E-state index in [-0.39, 0.29) is 6.23 Å². The lowest BCUT2D eigenvalue weighted by Crippen LogP contribution is -2.23. The summed E-state index contributed by atoms with van der Waals surface area (Å²) in [7, 11) is 0. The molecule has 1 aliphatic heterocycles. The zero-order chi connectivity index (χ0) is 8.55. The fourth-order valence-electron chi connectivity index (χ4n) is 1.18. The molecule has 1 aliphatic rings. The van der Waals surface area contributed by atoms with Crippen LogP contribution < -0.4 is 0 Å². The van der Waals surface area contributed by atoms with Crippen LogP contribution in [0.1, 0.15) is 23.0 Å². The summed E-state index contributed by atoms with van der Waals surface area (Å²) in [6, 6.07) is 1.57. The summed E-state index contributed by atoms with van der Waals surface area (Å²) < 4.78 is 6.96. The van der Waals surface area contributed by atoms with Gasteiger partial charge in [-0.2, -0.15) is 0 Å². The van der Waals surface area contributed by atoms with E-state index in [4.69, 9.17) is 9.84 Å². The second kappa shape index (κ2) is 2.64. The molecule has 0 amide bonds. The SMILES string of the molecule is O=C(O)c1ccn(C2CCO2)c1. The Kier molecular flexibility index (Phi) is 1.62. The first-order valence-corrected chi connectivity index (χ1v) is 3.80. The van der Waals surface area contributed by atoms with E-state index in [1.165, 1.54) is 0 Å². The second-order valence-corrected chi connectivity index (χ2v) is 2.77. The highest BCUT2D eigenvalue weighted by Gasteiger charge is 2.20. The summed E-state index contributed by atoms with van der Waals surface area (Å²) in [5.74, 6) is -0.895. The van der Waals surface area contributed by atoms with Crippen molar-refractivity contribution < 1.29 is 14.6 Å². The summed E-state index contributed by atoms with van der Waals surface area (Å²) >= 11 is 0. The average Bonchev–Trinajstić information content (AvgIpc) is 2.32. The number of hydrogen-bond donors (Lipinski definition) is 1.